The number of hydrogen-bond donors (Lipinski definition) is 3. The third-order valence-electron chi connectivity index (χ3n) is 3.41. The first-order valence-electron chi connectivity index (χ1n) is 7.72. The van der Waals surface area contributed by atoms with Crippen LogP contribution >= 0.6 is 11.6 Å². The van der Waals surface area contributed by atoms with Crippen molar-refractivity contribution in [2.24, 2.45) is 5.10 Å². The van der Waals surface area contributed by atoms with E-state index in [1.54, 1.807) is 49.4 Å². The second-order valence-electron chi connectivity index (χ2n) is 5.45. The molecule has 0 atom stereocenters. The summed E-state index contributed by atoms with van der Waals surface area (Å²) >= 11 is 6.02. The van der Waals surface area contributed by atoms with Crippen LogP contribution in [0, 0.1) is 0 Å². The minimum Gasteiger partial charge on any atom is -0.495 e. The third kappa shape index (κ3) is 5.22. The summed E-state index contributed by atoms with van der Waals surface area (Å²) in [6.45, 7) is 1.63. The lowest BCUT2D eigenvalue weighted by atomic mass is 10.2. The van der Waals surface area contributed by atoms with E-state index in [0.717, 1.165) is 0 Å². The highest BCUT2D eigenvalue weighted by atomic mass is 35.5. The number of methoxy groups -OCH3 is 1. The van der Waals surface area contributed by atoms with Gasteiger partial charge in [-0.1, -0.05) is 23.7 Å². The van der Waals surface area contributed by atoms with Crippen molar-refractivity contribution in [3.63, 3.8) is 0 Å². The SMILES string of the molecule is COc1ccc(NC(=O)C/C(C)=N/NC(=O)c2ccccc2N)cc1Cl. The van der Waals surface area contributed by atoms with E-state index in [-0.39, 0.29) is 12.3 Å². The number of halogens is 1. The van der Waals surface area contributed by atoms with Gasteiger partial charge in [-0.15, -0.1) is 0 Å². The Bertz CT molecular complexity index is 852. The smallest absolute Gasteiger partial charge is 0.273 e. The summed E-state index contributed by atoms with van der Waals surface area (Å²) < 4.78 is 5.06. The number of hydrogen-bond acceptors (Lipinski definition) is 5. The predicted octanol–water partition coefficient (Wildman–Crippen LogP) is 3.07. The molecule has 8 heteroatoms. The number of nitrogens with zero attached hydrogens (tertiary/aromatic N) is 1. The van der Waals surface area contributed by atoms with Gasteiger partial charge in [-0.05, 0) is 37.3 Å². The van der Waals surface area contributed by atoms with Gasteiger partial charge in [0.05, 0.1) is 24.1 Å². The molecule has 0 aromatic heterocycles. The molecule has 0 spiro atoms. The fourth-order valence-corrected chi connectivity index (χ4v) is 2.39. The van der Waals surface area contributed by atoms with Crippen LogP contribution in [0.5, 0.6) is 5.75 Å². The van der Waals surface area contributed by atoms with Crippen LogP contribution in [0.4, 0.5) is 11.4 Å². The van der Waals surface area contributed by atoms with Crippen molar-refractivity contribution in [3.05, 3.63) is 53.1 Å². The van der Waals surface area contributed by atoms with Crippen molar-refractivity contribution in [2.45, 2.75) is 13.3 Å². The number of hydrazone groups is 1. The number of benzene rings is 2. The van der Waals surface area contributed by atoms with E-state index in [9.17, 15) is 9.59 Å². The molecule has 0 aliphatic heterocycles. The van der Waals surface area contributed by atoms with E-state index in [1.165, 1.54) is 7.11 Å². The molecule has 2 rings (SSSR count). The monoisotopic (exact) mass is 374 g/mol. The number of carbonyl (C=O) groups is 2. The maximum Gasteiger partial charge on any atom is 0.273 e. The molecule has 0 fully saturated rings. The maximum atomic E-state index is 12.1. The van der Waals surface area contributed by atoms with Crippen molar-refractivity contribution < 1.29 is 14.3 Å². The fourth-order valence-electron chi connectivity index (χ4n) is 2.13. The van der Waals surface area contributed by atoms with Crippen molar-refractivity contribution >= 4 is 40.5 Å². The summed E-state index contributed by atoms with van der Waals surface area (Å²) in [5, 5.41) is 7.02. The number of amides is 2. The Morgan fingerprint density at radius 3 is 2.62 bits per heavy atom. The standard InChI is InChI=1S/C18H19ClN4O3/c1-11(22-23-18(25)13-5-3-4-6-15(13)20)9-17(24)21-12-7-8-16(26-2)14(19)10-12/h3-8,10H,9,20H2,1-2H3,(H,21,24)(H,23,25)/b22-11+. The average Bonchev–Trinajstić information content (AvgIpc) is 2.60. The molecule has 0 radical (unpaired) electrons. The molecule has 0 saturated heterocycles. The molecule has 0 unspecified atom stereocenters. The number of nitrogen functional groups attached to an aromatic ring is 1. The van der Waals surface area contributed by atoms with Gasteiger partial charge in [0.25, 0.3) is 5.91 Å². The van der Waals surface area contributed by atoms with Crippen LogP contribution in [0.25, 0.3) is 0 Å². The first-order chi connectivity index (χ1) is 12.4. The first kappa shape index (κ1) is 19.3. The molecule has 0 aliphatic rings. The number of ether oxygens (including phenoxy) is 1. The van der Waals surface area contributed by atoms with Gasteiger partial charge < -0.3 is 15.8 Å². The zero-order chi connectivity index (χ0) is 19.1. The Kier molecular flexibility index (Phi) is 6.57. The van der Waals surface area contributed by atoms with Gasteiger partial charge in [-0.3, -0.25) is 9.59 Å². The van der Waals surface area contributed by atoms with Crippen LogP contribution < -0.4 is 21.2 Å². The quantitative estimate of drug-likeness (QED) is 0.410. The number of nitrogens with one attached hydrogen (secondary N) is 2. The summed E-state index contributed by atoms with van der Waals surface area (Å²) in [5.74, 6) is -0.212. The molecular weight excluding hydrogens is 356 g/mol. The Hall–Kier alpha value is -3.06. The van der Waals surface area contributed by atoms with Crippen LogP contribution in [-0.2, 0) is 4.79 Å². The van der Waals surface area contributed by atoms with Gasteiger partial charge in [0.15, 0.2) is 0 Å². The van der Waals surface area contributed by atoms with Crippen molar-refractivity contribution in [1.29, 1.82) is 0 Å². The molecule has 2 amide bonds. The Balaban J connectivity index is 1.92. The molecule has 26 heavy (non-hydrogen) atoms. The van der Waals surface area contributed by atoms with E-state index in [0.29, 0.717) is 33.4 Å². The highest BCUT2D eigenvalue weighted by Gasteiger charge is 2.10. The molecule has 0 aliphatic carbocycles. The first-order valence-corrected chi connectivity index (χ1v) is 8.10. The van der Waals surface area contributed by atoms with Crippen LogP contribution in [0.1, 0.15) is 23.7 Å². The molecule has 136 valence electrons. The summed E-state index contributed by atoms with van der Waals surface area (Å²) in [6.07, 6.45) is 0.00813. The fraction of sp³-hybridized carbons (Fsp3) is 0.167. The van der Waals surface area contributed by atoms with Crippen LogP contribution in [-0.4, -0.2) is 24.6 Å². The summed E-state index contributed by atoms with van der Waals surface area (Å²) in [7, 11) is 1.51. The number of rotatable bonds is 6. The van der Waals surface area contributed by atoms with E-state index in [2.05, 4.69) is 15.8 Å². The van der Waals surface area contributed by atoms with Crippen LogP contribution in [0.3, 0.4) is 0 Å². The Morgan fingerprint density at radius 2 is 1.96 bits per heavy atom. The van der Waals surface area contributed by atoms with Gasteiger partial charge in [-0.25, -0.2) is 5.43 Å². The number of para-hydroxylation sites is 1. The van der Waals surface area contributed by atoms with Crippen LogP contribution in [0.2, 0.25) is 5.02 Å². The van der Waals surface area contributed by atoms with Gasteiger partial charge in [0, 0.05) is 17.1 Å². The van der Waals surface area contributed by atoms with E-state index in [1.807, 2.05) is 0 Å². The second-order valence-corrected chi connectivity index (χ2v) is 5.86. The second kappa shape index (κ2) is 8.87. The lowest BCUT2D eigenvalue weighted by Gasteiger charge is -2.08. The minimum absolute atomic E-state index is 0.00813. The average molecular weight is 375 g/mol. The van der Waals surface area contributed by atoms with Gasteiger partial charge in [0.2, 0.25) is 5.91 Å². The largest absolute Gasteiger partial charge is 0.495 e. The number of nitrogens with two attached hydrogens (primary N) is 1. The van der Waals surface area contributed by atoms with Crippen LogP contribution in [0.15, 0.2) is 47.6 Å². The highest BCUT2D eigenvalue weighted by Crippen LogP contribution is 2.27. The molecule has 4 N–H and O–H groups in total. The molecule has 2 aromatic carbocycles. The van der Waals surface area contributed by atoms with E-state index >= 15 is 0 Å². The summed E-state index contributed by atoms with van der Waals surface area (Å²) in [5.41, 5.74) is 9.76. The van der Waals surface area contributed by atoms with E-state index in [4.69, 9.17) is 22.1 Å². The normalized spacial score (nSPS) is 11.0. The van der Waals surface area contributed by atoms with Gasteiger partial charge >= 0.3 is 0 Å². The zero-order valence-electron chi connectivity index (χ0n) is 14.4. The molecule has 7 nitrogen and oxygen atoms in total. The van der Waals surface area contributed by atoms with Gasteiger partial charge in [0.1, 0.15) is 5.75 Å². The number of anilines is 2. The van der Waals surface area contributed by atoms with Crippen molar-refractivity contribution in [3.8, 4) is 5.75 Å². The van der Waals surface area contributed by atoms with E-state index < -0.39 is 5.91 Å². The Labute approximate surface area is 156 Å². The van der Waals surface area contributed by atoms with Gasteiger partial charge in [-0.2, -0.15) is 5.10 Å². The highest BCUT2D eigenvalue weighted by molar-refractivity contribution is 6.32. The zero-order valence-corrected chi connectivity index (χ0v) is 15.1. The predicted molar refractivity (Wildman–Crippen MR) is 103 cm³/mol. The number of carbonyl (C=O) groups excluding carboxylic acids is 2. The minimum atomic E-state index is -0.440. The Morgan fingerprint density at radius 1 is 1.23 bits per heavy atom. The molecule has 0 bridgehead atoms. The third-order valence-corrected chi connectivity index (χ3v) is 3.70. The summed E-state index contributed by atoms with van der Waals surface area (Å²) in [4.78, 5) is 24.1. The molecular formula is C18H19ClN4O3. The molecule has 2 aromatic rings. The maximum absolute atomic E-state index is 12.1. The topological polar surface area (TPSA) is 106 Å². The lowest BCUT2D eigenvalue weighted by Crippen LogP contribution is -2.22. The molecule has 0 saturated carbocycles. The van der Waals surface area contributed by atoms with Crippen molar-refractivity contribution in [2.75, 3.05) is 18.2 Å². The molecule has 0 heterocycles. The summed E-state index contributed by atoms with van der Waals surface area (Å²) in [6, 6.07) is 11.6. The lowest BCUT2D eigenvalue weighted by molar-refractivity contribution is -0.115. The van der Waals surface area contributed by atoms with Crippen molar-refractivity contribution in [1.82, 2.24) is 5.43 Å².